The van der Waals surface area contributed by atoms with Crippen molar-refractivity contribution in [1.29, 1.82) is 0 Å². The van der Waals surface area contributed by atoms with E-state index in [4.69, 9.17) is 18.8 Å². The van der Waals surface area contributed by atoms with Gasteiger partial charge in [-0.1, -0.05) is 147 Å². The van der Waals surface area contributed by atoms with Gasteiger partial charge in [0.15, 0.2) is 11.2 Å². The number of para-hydroxylation sites is 4. The van der Waals surface area contributed by atoms with Crippen LogP contribution in [0.25, 0.3) is 66.6 Å². The van der Waals surface area contributed by atoms with Crippen molar-refractivity contribution >= 4 is 51.8 Å². The molecule has 0 N–H and O–H groups in total. The molecule has 0 amide bonds. The van der Waals surface area contributed by atoms with E-state index in [1.165, 1.54) is 43.8 Å². The predicted molar refractivity (Wildman–Crippen MR) is 212 cm³/mol. The van der Waals surface area contributed by atoms with E-state index >= 15 is 0 Å². The zero-order chi connectivity index (χ0) is 34.4. The molecule has 0 radical (unpaired) electrons. The molecule has 3 heterocycles. The minimum absolute atomic E-state index is 0.642. The Morgan fingerprint density at radius 2 is 0.765 bits per heavy atom. The van der Waals surface area contributed by atoms with Crippen LogP contribution in [0.15, 0.2) is 167 Å². The third-order valence-corrected chi connectivity index (χ3v) is 15.8. The summed E-state index contributed by atoms with van der Waals surface area (Å²) in [5.41, 5.74) is 12.6. The zero-order valence-electron chi connectivity index (χ0n) is 28.6. The third-order valence-electron chi connectivity index (χ3n) is 10.5. The number of allylic oxidation sites excluding steroid dienone is 2. The molecule has 5 heteroatoms. The molecule has 8 aromatic rings. The van der Waals surface area contributed by atoms with Gasteiger partial charge >= 0.3 is 0 Å². The van der Waals surface area contributed by atoms with Crippen molar-refractivity contribution in [1.82, 2.24) is 9.97 Å². The Morgan fingerprint density at radius 1 is 0.412 bits per heavy atom. The Bertz CT molecular complexity index is 2360. The molecule has 4 nitrogen and oxygen atoms in total. The van der Waals surface area contributed by atoms with Crippen molar-refractivity contribution in [3.8, 4) is 22.9 Å². The van der Waals surface area contributed by atoms with Crippen LogP contribution in [0.4, 0.5) is 0 Å². The molecule has 9 rings (SSSR count). The summed E-state index contributed by atoms with van der Waals surface area (Å²) >= 11 is 0. The van der Waals surface area contributed by atoms with Gasteiger partial charge in [0.25, 0.3) is 0 Å². The second kappa shape index (κ2) is 12.7. The highest BCUT2D eigenvalue weighted by molar-refractivity contribution is 7.14. The van der Waals surface area contributed by atoms with Gasteiger partial charge in [0.2, 0.25) is 11.8 Å². The molecule has 51 heavy (non-hydrogen) atoms. The Kier molecular flexibility index (Phi) is 7.71. The van der Waals surface area contributed by atoms with E-state index in [1.54, 1.807) is 0 Å². The van der Waals surface area contributed by atoms with Gasteiger partial charge in [-0.2, -0.15) is 0 Å². The fourth-order valence-electron chi connectivity index (χ4n) is 8.13. The molecule has 0 aliphatic carbocycles. The maximum absolute atomic E-state index is 6.51. The number of fused-ring (bicyclic) bond motifs is 2. The van der Waals surface area contributed by atoms with Crippen LogP contribution in [0, 0.1) is 0 Å². The van der Waals surface area contributed by atoms with Crippen molar-refractivity contribution in [2.75, 3.05) is 0 Å². The van der Waals surface area contributed by atoms with Gasteiger partial charge in [-0.3, -0.25) is 0 Å². The monoisotopic (exact) mass is 676 g/mol. The second-order valence-electron chi connectivity index (χ2n) is 13.1. The average molecular weight is 677 g/mol. The Balaban J connectivity index is 1.40. The fourth-order valence-corrected chi connectivity index (χ4v) is 13.3. The van der Waals surface area contributed by atoms with Crippen molar-refractivity contribution < 1.29 is 8.83 Å². The molecule has 246 valence electrons. The molecule has 0 bridgehead atoms. The summed E-state index contributed by atoms with van der Waals surface area (Å²) in [4.78, 5) is 10.1. The zero-order valence-corrected chi connectivity index (χ0v) is 29.6. The van der Waals surface area contributed by atoms with Crippen molar-refractivity contribution in [3.05, 3.63) is 180 Å². The minimum Gasteiger partial charge on any atom is -0.436 e. The molecule has 1 aliphatic rings. The van der Waals surface area contributed by atoms with Gasteiger partial charge in [0.05, 0.1) is 0 Å². The van der Waals surface area contributed by atoms with E-state index < -0.39 is 8.07 Å². The Hall–Kier alpha value is -6.04. The molecule has 0 atom stereocenters. The quantitative estimate of drug-likeness (QED) is 0.150. The van der Waals surface area contributed by atoms with Crippen molar-refractivity contribution in [3.63, 3.8) is 0 Å². The predicted octanol–water partition coefficient (Wildman–Crippen LogP) is 12.4. The van der Waals surface area contributed by atoms with E-state index in [9.17, 15) is 0 Å². The maximum Gasteiger partial charge on any atom is 0.227 e. The summed E-state index contributed by atoms with van der Waals surface area (Å²) in [6.07, 6.45) is 0. The molecule has 0 saturated carbocycles. The number of hydrogen-bond donors (Lipinski definition) is 0. The van der Waals surface area contributed by atoms with E-state index in [1.807, 2.05) is 48.5 Å². The van der Waals surface area contributed by atoms with Crippen LogP contribution in [0.1, 0.15) is 36.1 Å². The summed E-state index contributed by atoms with van der Waals surface area (Å²) in [5.74, 6) is 1.28. The smallest absolute Gasteiger partial charge is 0.227 e. The fraction of sp³-hybridized carbons (Fsp3) is 0.0870. The van der Waals surface area contributed by atoms with Crippen LogP contribution < -0.4 is 0 Å². The molecule has 0 fully saturated rings. The van der Waals surface area contributed by atoms with Crippen LogP contribution in [-0.2, 0) is 0 Å². The average Bonchev–Trinajstić information content (AvgIpc) is 3.91. The summed E-state index contributed by atoms with van der Waals surface area (Å²) in [5, 5.41) is 2.83. The second-order valence-corrected chi connectivity index (χ2v) is 17.7. The van der Waals surface area contributed by atoms with Crippen LogP contribution in [0.2, 0.25) is 12.1 Å². The molecular weight excluding hydrogens is 641 g/mol. The first-order chi connectivity index (χ1) is 25.2. The lowest BCUT2D eigenvalue weighted by Crippen LogP contribution is -2.35. The van der Waals surface area contributed by atoms with Gasteiger partial charge in [0.1, 0.15) is 19.1 Å². The summed E-state index contributed by atoms with van der Waals surface area (Å²) in [6, 6.07) is 57.4. The van der Waals surface area contributed by atoms with E-state index in [2.05, 4.69) is 123 Å². The number of benzene rings is 6. The topological polar surface area (TPSA) is 52.1 Å². The van der Waals surface area contributed by atoms with Gasteiger partial charge in [0, 0.05) is 11.1 Å². The van der Waals surface area contributed by atoms with Crippen LogP contribution in [0.3, 0.4) is 0 Å². The molecule has 1 aliphatic heterocycles. The minimum atomic E-state index is -2.60. The Morgan fingerprint density at radius 3 is 1.16 bits per heavy atom. The summed E-state index contributed by atoms with van der Waals surface area (Å²) in [6.45, 7) is 4.77. The Labute approximate surface area is 298 Å². The molecular formula is C46H36N2O2Si. The SMILES string of the molecule is CC[Si]1(CC)C(c2ccccc2-c2nc3ccccc3o2)=C(c2ccccc2)C(c2ccccc2)=C1c1ccccc1-c1nc2ccccc2o1. The van der Waals surface area contributed by atoms with Gasteiger partial charge in [-0.15, -0.1) is 0 Å². The van der Waals surface area contributed by atoms with E-state index in [0.717, 1.165) is 45.4 Å². The van der Waals surface area contributed by atoms with E-state index in [0.29, 0.717) is 11.8 Å². The maximum atomic E-state index is 6.51. The molecule has 2 aromatic heterocycles. The van der Waals surface area contributed by atoms with Crippen LogP contribution in [0.5, 0.6) is 0 Å². The highest BCUT2D eigenvalue weighted by Gasteiger charge is 2.49. The number of hydrogen-bond acceptors (Lipinski definition) is 4. The summed E-state index contributed by atoms with van der Waals surface area (Å²) < 4.78 is 13.0. The normalized spacial score (nSPS) is 14.2. The largest absolute Gasteiger partial charge is 0.436 e. The molecule has 0 saturated heterocycles. The molecule has 6 aromatic carbocycles. The number of rotatable bonds is 8. The number of nitrogens with zero attached hydrogens (tertiary/aromatic N) is 2. The van der Waals surface area contributed by atoms with E-state index in [-0.39, 0.29) is 0 Å². The number of oxazole rings is 2. The van der Waals surface area contributed by atoms with Gasteiger partial charge in [-0.25, -0.2) is 9.97 Å². The van der Waals surface area contributed by atoms with Gasteiger partial charge < -0.3 is 8.83 Å². The van der Waals surface area contributed by atoms with Crippen LogP contribution in [-0.4, -0.2) is 18.0 Å². The first kappa shape index (κ1) is 31.0. The van der Waals surface area contributed by atoms with Crippen LogP contribution >= 0.6 is 0 Å². The lowest BCUT2D eigenvalue weighted by atomic mass is 9.88. The highest BCUT2D eigenvalue weighted by Crippen LogP contribution is 2.60. The van der Waals surface area contributed by atoms with Gasteiger partial charge in [-0.05, 0) is 80.2 Å². The molecule has 0 spiro atoms. The number of aromatic nitrogens is 2. The first-order valence-electron chi connectivity index (χ1n) is 17.7. The lowest BCUT2D eigenvalue weighted by Gasteiger charge is -2.34. The standard InChI is InChI=1S/C46H36N2O2Si/c1-3-51(4-2)43(33-23-11-13-25-35(33)45-47-37-27-15-17-29-39(37)49-45)41(31-19-7-5-8-20-31)42(32-21-9-6-10-22-32)44(51)34-24-12-14-26-36(34)46-48-38-28-16-18-30-40(38)50-46/h5-30H,3-4H2,1-2H3. The highest BCUT2D eigenvalue weighted by atomic mass is 28.3. The van der Waals surface area contributed by atoms with Crippen molar-refractivity contribution in [2.24, 2.45) is 0 Å². The first-order valence-corrected chi connectivity index (χ1v) is 20.1. The molecule has 0 unspecified atom stereocenters. The third kappa shape index (κ3) is 5.04. The summed E-state index contributed by atoms with van der Waals surface area (Å²) in [7, 11) is -2.60. The van der Waals surface area contributed by atoms with Crippen molar-refractivity contribution in [2.45, 2.75) is 25.9 Å². The lowest BCUT2D eigenvalue weighted by molar-refractivity contribution is 0.619.